The monoisotopic (exact) mass is 429 g/mol. The Morgan fingerprint density at radius 1 is 1.10 bits per heavy atom. The quantitative estimate of drug-likeness (QED) is 0.620. The maximum absolute atomic E-state index is 13.7. The molecule has 1 aliphatic rings. The first kappa shape index (κ1) is 23.6. The van der Waals surface area contributed by atoms with Crippen LogP contribution in [0.1, 0.15) is 49.3 Å². The molecule has 1 aliphatic carbocycles. The van der Waals surface area contributed by atoms with Crippen molar-refractivity contribution in [1.82, 2.24) is 4.90 Å². The molecule has 2 aromatic rings. The molecule has 0 unspecified atom stereocenters. The molecule has 5 heteroatoms. The molecule has 0 heterocycles. The molecule has 170 valence electrons. The first-order chi connectivity index (χ1) is 14.8. The lowest BCUT2D eigenvalue weighted by Gasteiger charge is -2.44. The number of aryl methyl sites for hydroxylation is 1. The van der Waals surface area contributed by atoms with E-state index in [0.717, 1.165) is 48.6 Å². The summed E-state index contributed by atoms with van der Waals surface area (Å²) in [6, 6.07) is 11.1. The average Bonchev–Trinajstić information content (AvgIpc) is 2.75. The van der Waals surface area contributed by atoms with E-state index in [1.807, 2.05) is 18.2 Å². The highest BCUT2D eigenvalue weighted by Gasteiger charge is 2.43. The molecule has 0 amide bonds. The third kappa shape index (κ3) is 5.39. The molecule has 2 aromatic carbocycles. The Kier molecular flexibility index (Phi) is 7.60. The molecule has 0 spiro atoms. The van der Waals surface area contributed by atoms with Gasteiger partial charge >= 0.3 is 0 Å². The van der Waals surface area contributed by atoms with E-state index in [4.69, 9.17) is 9.47 Å². The zero-order chi connectivity index (χ0) is 22.6. The smallest absolute Gasteiger partial charge is 0.160 e. The molecular weight excluding hydrogens is 393 g/mol. The lowest BCUT2D eigenvalue weighted by atomic mass is 9.66. The Bertz CT molecular complexity index is 885. The number of rotatable bonds is 9. The summed E-state index contributed by atoms with van der Waals surface area (Å²) in [6.45, 7) is 5.99. The molecule has 0 bridgehead atoms. The molecule has 1 N–H and O–H groups in total. The van der Waals surface area contributed by atoms with Crippen LogP contribution in [-0.4, -0.2) is 50.0 Å². The van der Waals surface area contributed by atoms with Crippen molar-refractivity contribution in [2.24, 2.45) is 5.92 Å². The second-order valence-corrected chi connectivity index (χ2v) is 9.16. The number of methoxy groups -OCH3 is 2. The second-order valence-electron chi connectivity index (χ2n) is 9.16. The van der Waals surface area contributed by atoms with Crippen LogP contribution in [-0.2, 0) is 12.8 Å². The van der Waals surface area contributed by atoms with E-state index < -0.39 is 5.60 Å². The van der Waals surface area contributed by atoms with E-state index in [9.17, 15) is 9.50 Å². The van der Waals surface area contributed by atoms with Crippen LogP contribution in [0.2, 0.25) is 0 Å². The van der Waals surface area contributed by atoms with Crippen LogP contribution in [0.4, 0.5) is 4.39 Å². The lowest BCUT2D eigenvalue weighted by molar-refractivity contribution is -0.0300. The minimum atomic E-state index is -0.767. The number of benzene rings is 2. The van der Waals surface area contributed by atoms with Gasteiger partial charge in [0.15, 0.2) is 11.5 Å². The van der Waals surface area contributed by atoms with E-state index in [-0.39, 0.29) is 17.7 Å². The molecule has 3 rings (SSSR count). The van der Waals surface area contributed by atoms with Crippen LogP contribution in [0, 0.1) is 11.7 Å². The van der Waals surface area contributed by atoms with Crippen LogP contribution < -0.4 is 9.47 Å². The molecule has 0 saturated heterocycles. The lowest BCUT2D eigenvalue weighted by Crippen LogP contribution is -2.45. The first-order valence-electron chi connectivity index (χ1n) is 11.2. The fourth-order valence-corrected chi connectivity index (χ4v) is 5.00. The van der Waals surface area contributed by atoms with Crippen LogP contribution in [0.5, 0.6) is 11.5 Å². The van der Waals surface area contributed by atoms with Gasteiger partial charge in [0, 0.05) is 19.0 Å². The summed E-state index contributed by atoms with van der Waals surface area (Å²) >= 11 is 0. The van der Waals surface area contributed by atoms with Crippen molar-refractivity contribution < 1.29 is 19.0 Å². The summed E-state index contributed by atoms with van der Waals surface area (Å²) in [5.74, 6) is 1.59. The van der Waals surface area contributed by atoms with Gasteiger partial charge in [0.2, 0.25) is 0 Å². The van der Waals surface area contributed by atoms with Gasteiger partial charge in [-0.1, -0.05) is 26.0 Å². The second kappa shape index (κ2) is 10.0. The summed E-state index contributed by atoms with van der Waals surface area (Å²) in [7, 11) is 5.39. The van der Waals surface area contributed by atoms with Gasteiger partial charge < -0.3 is 19.5 Å². The zero-order valence-corrected chi connectivity index (χ0v) is 19.5. The predicted molar refractivity (Wildman–Crippen MR) is 123 cm³/mol. The van der Waals surface area contributed by atoms with Crippen molar-refractivity contribution in [3.05, 3.63) is 58.9 Å². The van der Waals surface area contributed by atoms with E-state index in [0.29, 0.717) is 12.8 Å². The van der Waals surface area contributed by atoms with Crippen LogP contribution >= 0.6 is 0 Å². The maximum atomic E-state index is 13.7. The van der Waals surface area contributed by atoms with Crippen LogP contribution in [0.3, 0.4) is 0 Å². The normalized spacial score (nSPS) is 20.7. The van der Waals surface area contributed by atoms with Crippen LogP contribution in [0.25, 0.3) is 0 Å². The third-order valence-corrected chi connectivity index (χ3v) is 6.67. The number of ether oxygens (including phenoxy) is 2. The van der Waals surface area contributed by atoms with E-state index >= 15 is 0 Å². The summed E-state index contributed by atoms with van der Waals surface area (Å²) < 4.78 is 24.4. The Balaban J connectivity index is 1.62. The van der Waals surface area contributed by atoms with Crippen molar-refractivity contribution >= 4 is 0 Å². The van der Waals surface area contributed by atoms with Gasteiger partial charge in [-0.3, -0.25) is 0 Å². The van der Waals surface area contributed by atoms with E-state index in [2.05, 4.69) is 31.9 Å². The number of hydrogen-bond donors (Lipinski definition) is 1. The van der Waals surface area contributed by atoms with Gasteiger partial charge in [-0.15, -0.1) is 0 Å². The summed E-state index contributed by atoms with van der Waals surface area (Å²) in [6.07, 6.45) is 3.00. The molecular formula is C26H36FNO3. The highest BCUT2D eigenvalue weighted by molar-refractivity contribution is 5.43. The first-order valence-corrected chi connectivity index (χ1v) is 11.2. The predicted octanol–water partition coefficient (Wildman–Crippen LogP) is 4.82. The summed E-state index contributed by atoms with van der Waals surface area (Å²) in [5, 5.41) is 11.6. The van der Waals surface area contributed by atoms with Gasteiger partial charge in [0.05, 0.1) is 19.8 Å². The number of likely N-dealkylation sites (N-methyl/N-ethyl adjacent to an activating group) is 1. The summed E-state index contributed by atoms with van der Waals surface area (Å²) in [5.41, 5.74) is 2.58. The standard InChI is InChI=1S/C26H36FNO3/c1-18(2)25-22-8-7-21(27)17-20(22)10-12-26(25,29)13-15-28(3)14-11-19-6-9-23(30-4)24(16-19)31-5/h6-9,16-18,25,29H,10-15H2,1-5H3/t25-,26-/m1/s1. The molecule has 0 saturated carbocycles. The SMILES string of the molecule is COc1ccc(CCN(C)CC[C@]2(O)CCc3cc(F)ccc3[C@H]2C(C)C)cc1OC. The number of hydrogen-bond acceptors (Lipinski definition) is 4. The van der Waals surface area contributed by atoms with E-state index in [1.54, 1.807) is 20.3 Å². The average molecular weight is 430 g/mol. The highest BCUT2D eigenvalue weighted by atomic mass is 19.1. The number of nitrogens with zero attached hydrogens (tertiary/aromatic N) is 1. The Morgan fingerprint density at radius 3 is 2.52 bits per heavy atom. The van der Waals surface area contributed by atoms with Gasteiger partial charge in [0.25, 0.3) is 0 Å². The van der Waals surface area contributed by atoms with Gasteiger partial charge in [-0.2, -0.15) is 0 Å². The molecule has 0 radical (unpaired) electrons. The van der Waals surface area contributed by atoms with Crippen molar-refractivity contribution in [2.45, 2.75) is 51.0 Å². The number of fused-ring (bicyclic) bond motifs is 1. The highest BCUT2D eigenvalue weighted by Crippen LogP contribution is 2.45. The Hall–Kier alpha value is -2.11. The molecule has 4 nitrogen and oxygen atoms in total. The molecule has 0 aromatic heterocycles. The molecule has 0 aliphatic heterocycles. The summed E-state index contributed by atoms with van der Waals surface area (Å²) in [4.78, 5) is 2.27. The number of aliphatic hydroxyl groups is 1. The number of halogens is 1. The van der Waals surface area contributed by atoms with Gasteiger partial charge in [-0.25, -0.2) is 4.39 Å². The Labute approximate surface area is 186 Å². The molecule has 31 heavy (non-hydrogen) atoms. The molecule has 0 fully saturated rings. The van der Waals surface area contributed by atoms with Crippen molar-refractivity contribution in [1.29, 1.82) is 0 Å². The minimum absolute atomic E-state index is 0.0242. The minimum Gasteiger partial charge on any atom is -0.493 e. The van der Waals surface area contributed by atoms with Crippen molar-refractivity contribution in [3.63, 3.8) is 0 Å². The zero-order valence-electron chi connectivity index (χ0n) is 19.5. The maximum Gasteiger partial charge on any atom is 0.160 e. The fourth-order valence-electron chi connectivity index (χ4n) is 5.00. The van der Waals surface area contributed by atoms with Crippen molar-refractivity contribution in [3.8, 4) is 11.5 Å². The fraction of sp³-hybridized carbons (Fsp3) is 0.538. The topological polar surface area (TPSA) is 41.9 Å². The third-order valence-electron chi connectivity index (χ3n) is 6.67. The van der Waals surface area contributed by atoms with Crippen molar-refractivity contribution in [2.75, 3.05) is 34.4 Å². The van der Waals surface area contributed by atoms with Gasteiger partial charge in [0.1, 0.15) is 5.82 Å². The Morgan fingerprint density at radius 2 is 1.84 bits per heavy atom. The van der Waals surface area contributed by atoms with Gasteiger partial charge in [-0.05, 0) is 79.6 Å². The molecule has 2 atom stereocenters. The van der Waals surface area contributed by atoms with E-state index in [1.165, 1.54) is 11.6 Å². The van der Waals surface area contributed by atoms with Crippen LogP contribution in [0.15, 0.2) is 36.4 Å². The largest absolute Gasteiger partial charge is 0.493 e.